The molecule has 1 heterocycles. The fraction of sp³-hybridized carbons (Fsp3) is 0.750. The molecule has 1 aromatic heterocycles. The Balaban J connectivity index is 2.39. The molecule has 0 spiro atoms. The first kappa shape index (κ1) is 10.1. The molecule has 0 saturated heterocycles. The fourth-order valence-corrected chi connectivity index (χ4v) is 0.807. The molecular formula is C8H15N3O2. The molecule has 0 aliphatic rings. The maximum Gasteiger partial charge on any atom is 0.242 e. The van der Waals surface area contributed by atoms with E-state index in [4.69, 9.17) is 9.15 Å². The molecule has 13 heavy (non-hydrogen) atoms. The van der Waals surface area contributed by atoms with Crippen molar-refractivity contribution < 1.29 is 9.15 Å². The van der Waals surface area contributed by atoms with Crippen molar-refractivity contribution >= 4 is 0 Å². The second-order valence-corrected chi connectivity index (χ2v) is 2.98. The Bertz CT molecular complexity index is 247. The van der Waals surface area contributed by atoms with Gasteiger partial charge >= 0.3 is 0 Å². The van der Waals surface area contributed by atoms with Gasteiger partial charge in [-0.1, -0.05) is 0 Å². The van der Waals surface area contributed by atoms with Crippen LogP contribution in [0.3, 0.4) is 0 Å². The van der Waals surface area contributed by atoms with Crippen molar-refractivity contribution in [2.75, 3.05) is 7.05 Å². The summed E-state index contributed by atoms with van der Waals surface area (Å²) in [5, 5.41) is 10.6. The van der Waals surface area contributed by atoms with Crippen LogP contribution in [0.25, 0.3) is 0 Å². The lowest BCUT2D eigenvalue weighted by molar-refractivity contribution is 0.0510. The smallest absolute Gasteiger partial charge is 0.242 e. The SMILES string of the molecule is CNCc1nnc(COC(C)C)o1. The molecule has 0 bridgehead atoms. The van der Waals surface area contributed by atoms with E-state index in [9.17, 15) is 0 Å². The van der Waals surface area contributed by atoms with Gasteiger partial charge in [-0.05, 0) is 20.9 Å². The van der Waals surface area contributed by atoms with Crippen molar-refractivity contribution in [3.8, 4) is 0 Å². The normalized spacial score (nSPS) is 11.1. The van der Waals surface area contributed by atoms with Crippen LogP contribution in [0.2, 0.25) is 0 Å². The zero-order valence-electron chi connectivity index (χ0n) is 8.20. The van der Waals surface area contributed by atoms with Gasteiger partial charge in [0.15, 0.2) is 0 Å². The third-order valence-electron chi connectivity index (χ3n) is 1.38. The lowest BCUT2D eigenvalue weighted by atomic mass is 10.5. The highest BCUT2D eigenvalue weighted by atomic mass is 16.5. The highest BCUT2D eigenvalue weighted by molar-refractivity contribution is 4.79. The van der Waals surface area contributed by atoms with Gasteiger partial charge in [0.1, 0.15) is 6.61 Å². The Morgan fingerprint density at radius 2 is 2.08 bits per heavy atom. The van der Waals surface area contributed by atoms with Crippen LogP contribution in [0.5, 0.6) is 0 Å². The van der Waals surface area contributed by atoms with E-state index >= 15 is 0 Å². The fourth-order valence-electron chi connectivity index (χ4n) is 0.807. The predicted octanol–water partition coefficient (Wildman–Crippen LogP) is 0.714. The first-order valence-corrected chi connectivity index (χ1v) is 4.30. The second-order valence-electron chi connectivity index (χ2n) is 2.98. The number of ether oxygens (including phenoxy) is 1. The van der Waals surface area contributed by atoms with E-state index in [-0.39, 0.29) is 6.10 Å². The summed E-state index contributed by atoms with van der Waals surface area (Å²) in [6.07, 6.45) is 0.180. The number of nitrogens with one attached hydrogen (secondary N) is 1. The highest BCUT2D eigenvalue weighted by Gasteiger charge is 2.05. The number of rotatable bonds is 5. The number of hydrogen-bond donors (Lipinski definition) is 1. The monoisotopic (exact) mass is 185 g/mol. The molecular weight excluding hydrogens is 170 g/mol. The van der Waals surface area contributed by atoms with Crippen LogP contribution in [-0.2, 0) is 17.9 Å². The summed E-state index contributed by atoms with van der Waals surface area (Å²) in [4.78, 5) is 0. The molecule has 74 valence electrons. The van der Waals surface area contributed by atoms with Gasteiger partial charge in [0.2, 0.25) is 11.8 Å². The topological polar surface area (TPSA) is 60.2 Å². The first-order chi connectivity index (χ1) is 6.22. The number of hydrogen-bond acceptors (Lipinski definition) is 5. The molecule has 0 saturated carbocycles. The molecule has 0 unspecified atom stereocenters. The van der Waals surface area contributed by atoms with E-state index in [0.29, 0.717) is 24.9 Å². The Morgan fingerprint density at radius 3 is 2.69 bits per heavy atom. The van der Waals surface area contributed by atoms with Crippen LogP contribution in [0, 0.1) is 0 Å². The average Bonchev–Trinajstić information content (AvgIpc) is 2.50. The zero-order chi connectivity index (χ0) is 9.68. The molecule has 0 fully saturated rings. The van der Waals surface area contributed by atoms with Gasteiger partial charge in [0, 0.05) is 0 Å². The van der Waals surface area contributed by atoms with Crippen LogP contribution in [-0.4, -0.2) is 23.3 Å². The van der Waals surface area contributed by atoms with Crippen molar-refractivity contribution in [3.63, 3.8) is 0 Å². The molecule has 5 heteroatoms. The standard InChI is InChI=1S/C8H15N3O2/c1-6(2)12-5-8-11-10-7(13-8)4-9-3/h6,9H,4-5H2,1-3H3. The maximum absolute atomic E-state index is 5.30. The zero-order valence-corrected chi connectivity index (χ0v) is 8.20. The molecule has 1 N–H and O–H groups in total. The van der Waals surface area contributed by atoms with E-state index < -0.39 is 0 Å². The summed E-state index contributed by atoms with van der Waals surface area (Å²) in [6.45, 7) is 4.90. The first-order valence-electron chi connectivity index (χ1n) is 4.30. The molecule has 0 amide bonds. The van der Waals surface area contributed by atoms with Gasteiger partial charge in [-0.3, -0.25) is 0 Å². The van der Waals surface area contributed by atoms with E-state index in [1.54, 1.807) is 0 Å². The number of nitrogens with zero attached hydrogens (tertiary/aromatic N) is 2. The molecule has 0 aliphatic carbocycles. The minimum atomic E-state index is 0.180. The Labute approximate surface area is 77.5 Å². The van der Waals surface area contributed by atoms with Crippen LogP contribution in [0.4, 0.5) is 0 Å². The van der Waals surface area contributed by atoms with Crippen molar-refractivity contribution in [1.29, 1.82) is 0 Å². The summed E-state index contributed by atoms with van der Waals surface area (Å²) in [5.74, 6) is 1.11. The van der Waals surface area contributed by atoms with E-state index in [2.05, 4.69) is 15.5 Å². The van der Waals surface area contributed by atoms with E-state index in [1.165, 1.54) is 0 Å². The molecule has 1 rings (SSSR count). The Morgan fingerprint density at radius 1 is 1.38 bits per heavy atom. The lowest BCUT2D eigenvalue weighted by Crippen LogP contribution is -2.05. The van der Waals surface area contributed by atoms with E-state index in [1.807, 2.05) is 20.9 Å². The molecule has 0 aromatic carbocycles. The minimum Gasteiger partial charge on any atom is -0.421 e. The third kappa shape index (κ3) is 3.52. The average molecular weight is 185 g/mol. The maximum atomic E-state index is 5.30. The van der Waals surface area contributed by atoms with Crippen molar-refractivity contribution in [3.05, 3.63) is 11.8 Å². The van der Waals surface area contributed by atoms with Gasteiger partial charge in [-0.15, -0.1) is 10.2 Å². The molecule has 0 radical (unpaired) electrons. The second kappa shape index (κ2) is 4.94. The van der Waals surface area contributed by atoms with Gasteiger partial charge in [0.05, 0.1) is 12.6 Å². The van der Waals surface area contributed by atoms with Gasteiger partial charge < -0.3 is 14.5 Å². The van der Waals surface area contributed by atoms with Crippen LogP contribution in [0.15, 0.2) is 4.42 Å². The highest BCUT2D eigenvalue weighted by Crippen LogP contribution is 2.02. The van der Waals surface area contributed by atoms with Gasteiger partial charge in [0.25, 0.3) is 0 Å². The number of aromatic nitrogens is 2. The Hall–Kier alpha value is -0.940. The summed E-state index contributed by atoms with van der Waals surface area (Å²) in [7, 11) is 1.83. The summed E-state index contributed by atoms with van der Waals surface area (Å²) < 4.78 is 10.6. The van der Waals surface area contributed by atoms with Gasteiger partial charge in [-0.25, -0.2) is 0 Å². The minimum absolute atomic E-state index is 0.180. The summed E-state index contributed by atoms with van der Waals surface area (Å²) in [5.41, 5.74) is 0. The molecule has 0 aliphatic heterocycles. The van der Waals surface area contributed by atoms with Crippen LogP contribution >= 0.6 is 0 Å². The summed E-state index contributed by atoms with van der Waals surface area (Å²) in [6, 6.07) is 0. The lowest BCUT2D eigenvalue weighted by Gasteiger charge is -2.02. The molecule has 0 atom stereocenters. The van der Waals surface area contributed by atoms with Crippen molar-refractivity contribution in [2.45, 2.75) is 33.1 Å². The van der Waals surface area contributed by atoms with Crippen LogP contribution < -0.4 is 5.32 Å². The van der Waals surface area contributed by atoms with Gasteiger partial charge in [-0.2, -0.15) is 0 Å². The third-order valence-corrected chi connectivity index (χ3v) is 1.38. The predicted molar refractivity (Wildman–Crippen MR) is 47.0 cm³/mol. The molecule has 1 aromatic rings. The quantitative estimate of drug-likeness (QED) is 0.732. The Kier molecular flexibility index (Phi) is 3.85. The molecule has 5 nitrogen and oxygen atoms in total. The van der Waals surface area contributed by atoms with Crippen molar-refractivity contribution in [1.82, 2.24) is 15.5 Å². The van der Waals surface area contributed by atoms with Crippen molar-refractivity contribution in [2.24, 2.45) is 0 Å². The summed E-state index contributed by atoms with van der Waals surface area (Å²) >= 11 is 0. The van der Waals surface area contributed by atoms with E-state index in [0.717, 1.165) is 0 Å². The largest absolute Gasteiger partial charge is 0.421 e. The van der Waals surface area contributed by atoms with Crippen LogP contribution in [0.1, 0.15) is 25.6 Å².